The Labute approximate surface area is 251 Å². The van der Waals surface area contributed by atoms with Crippen molar-refractivity contribution in [2.45, 2.75) is 43.5 Å². The maximum absolute atomic E-state index is 14.5. The molecule has 2 saturated heterocycles. The number of thioether (sulfide) groups is 1. The van der Waals surface area contributed by atoms with Crippen molar-refractivity contribution in [3.8, 4) is 5.75 Å². The second kappa shape index (κ2) is 12.6. The number of piperazine rings is 1. The van der Waals surface area contributed by atoms with E-state index >= 15 is 0 Å². The molecule has 3 fully saturated rings. The summed E-state index contributed by atoms with van der Waals surface area (Å²) >= 11 is 1.66. The van der Waals surface area contributed by atoms with Gasteiger partial charge in [0.05, 0.1) is 12.0 Å². The molecule has 0 spiro atoms. The molecule has 2 atom stereocenters. The fraction of sp³-hybridized carbons (Fsp3) is 0.353. The molecule has 3 aliphatic rings. The van der Waals surface area contributed by atoms with E-state index in [1.165, 1.54) is 6.07 Å². The summed E-state index contributed by atoms with van der Waals surface area (Å²) < 4.78 is 19.9. The highest BCUT2D eigenvalue weighted by atomic mass is 32.2. The number of carbonyl (C=O) groups excluding carboxylic acids is 2. The third kappa shape index (κ3) is 6.04. The number of hydrogen-bond donors (Lipinski definition) is 0. The van der Waals surface area contributed by atoms with Gasteiger partial charge in [-0.1, -0.05) is 49.2 Å². The molecule has 6 rings (SSSR count). The van der Waals surface area contributed by atoms with Gasteiger partial charge in [-0.25, -0.2) is 4.39 Å². The van der Waals surface area contributed by atoms with Crippen molar-refractivity contribution in [3.05, 3.63) is 100 Å². The Morgan fingerprint density at radius 1 is 0.976 bits per heavy atom. The van der Waals surface area contributed by atoms with Crippen molar-refractivity contribution < 1.29 is 18.7 Å². The van der Waals surface area contributed by atoms with Crippen LogP contribution in [0.25, 0.3) is 6.08 Å². The zero-order chi connectivity index (χ0) is 29.1. The molecule has 2 heterocycles. The molecule has 1 saturated carbocycles. The quantitative estimate of drug-likeness (QED) is 0.322. The number of carbonyl (C=O) groups is 2. The molecule has 8 heteroatoms. The Hall–Kier alpha value is -3.78. The predicted octanol–water partition coefficient (Wildman–Crippen LogP) is 6.22. The summed E-state index contributed by atoms with van der Waals surface area (Å²) in [5, 5.41) is 0.311. The molecule has 2 amide bonds. The van der Waals surface area contributed by atoms with Crippen LogP contribution >= 0.6 is 11.8 Å². The third-order valence-electron chi connectivity index (χ3n) is 8.56. The largest absolute Gasteiger partial charge is 0.497 e. The van der Waals surface area contributed by atoms with Crippen LogP contribution in [0.4, 0.5) is 10.1 Å². The minimum absolute atomic E-state index is 0.0173. The van der Waals surface area contributed by atoms with Gasteiger partial charge in [-0.2, -0.15) is 0 Å². The summed E-state index contributed by atoms with van der Waals surface area (Å²) in [6.07, 6.45) is 6.16. The fourth-order valence-corrected chi connectivity index (χ4v) is 7.68. The Bertz CT molecular complexity index is 1470. The van der Waals surface area contributed by atoms with E-state index in [4.69, 9.17) is 4.74 Å². The molecular weight excluding hydrogens is 549 g/mol. The highest BCUT2D eigenvalue weighted by Gasteiger charge is 2.40. The van der Waals surface area contributed by atoms with E-state index in [0.29, 0.717) is 34.4 Å². The van der Waals surface area contributed by atoms with Gasteiger partial charge in [0.2, 0.25) is 0 Å². The second-order valence-electron chi connectivity index (χ2n) is 11.1. The van der Waals surface area contributed by atoms with Crippen molar-refractivity contribution in [1.82, 2.24) is 9.80 Å². The lowest BCUT2D eigenvalue weighted by Gasteiger charge is -2.44. The number of fused-ring (bicyclic) bond motifs is 1. The lowest BCUT2D eigenvalue weighted by Crippen LogP contribution is -2.50. The Morgan fingerprint density at radius 3 is 2.50 bits per heavy atom. The van der Waals surface area contributed by atoms with Crippen molar-refractivity contribution in [1.29, 1.82) is 0 Å². The van der Waals surface area contributed by atoms with Gasteiger partial charge in [0.1, 0.15) is 11.6 Å². The van der Waals surface area contributed by atoms with Crippen LogP contribution < -0.4 is 9.64 Å². The fourth-order valence-electron chi connectivity index (χ4n) is 6.20. The van der Waals surface area contributed by atoms with Crippen LogP contribution in [0.3, 0.4) is 0 Å². The van der Waals surface area contributed by atoms with Gasteiger partial charge >= 0.3 is 0 Å². The molecule has 0 bridgehead atoms. The molecular formula is C34H36FN3O3S. The van der Waals surface area contributed by atoms with Gasteiger partial charge < -0.3 is 19.4 Å². The minimum atomic E-state index is -0.275. The number of hydrogen-bond acceptors (Lipinski definition) is 5. The van der Waals surface area contributed by atoms with E-state index in [1.807, 2.05) is 64.4 Å². The lowest BCUT2D eigenvalue weighted by molar-refractivity contribution is -0.130. The minimum Gasteiger partial charge on any atom is -0.497 e. The summed E-state index contributed by atoms with van der Waals surface area (Å²) in [7, 11) is 1.66. The van der Waals surface area contributed by atoms with E-state index in [0.717, 1.165) is 55.8 Å². The van der Waals surface area contributed by atoms with Gasteiger partial charge in [0.15, 0.2) is 0 Å². The van der Waals surface area contributed by atoms with Crippen LogP contribution in [-0.4, -0.2) is 66.2 Å². The van der Waals surface area contributed by atoms with Crippen LogP contribution in [-0.2, 0) is 11.3 Å². The number of anilines is 1. The van der Waals surface area contributed by atoms with Crippen LogP contribution in [0.2, 0.25) is 0 Å². The predicted molar refractivity (Wildman–Crippen MR) is 166 cm³/mol. The molecule has 0 radical (unpaired) electrons. The SMILES string of the molecule is COc1cccc(N2CCN(C(=O)c3ccc(/C=C4\SC5CCCCC5N(Cc5ccccc5F)C4=O)cc3)CC2)c1. The van der Waals surface area contributed by atoms with Gasteiger partial charge in [-0.05, 0) is 54.8 Å². The second-order valence-corrected chi connectivity index (χ2v) is 12.4. The molecule has 2 aliphatic heterocycles. The van der Waals surface area contributed by atoms with E-state index in [9.17, 15) is 14.0 Å². The normalized spacial score (nSPS) is 21.8. The summed E-state index contributed by atoms with van der Waals surface area (Å²) in [5.41, 5.74) is 3.17. The summed E-state index contributed by atoms with van der Waals surface area (Å²) in [5.74, 6) is 0.526. The lowest BCUT2D eigenvalue weighted by atomic mass is 9.92. The molecule has 218 valence electrons. The van der Waals surface area contributed by atoms with Crippen molar-refractivity contribution in [2.75, 3.05) is 38.2 Å². The van der Waals surface area contributed by atoms with Crippen molar-refractivity contribution >= 4 is 35.3 Å². The number of nitrogens with zero attached hydrogens (tertiary/aromatic N) is 3. The molecule has 2 unspecified atom stereocenters. The monoisotopic (exact) mass is 585 g/mol. The highest BCUT2D eigenvalue weighted by Crippen LogP contribution is 2.43. The Kier molecular flexibility index (Phi) is 8.51. The van der Waals surface area contributed by atoms with E-state index in [2.05, 4.69) is 11.0 Å². The molecule has 42 heavy (non-hydrogen) atoms. The zero-order valence-corrected chi connectivity index (χ0v) is 24.7. The average Bonchev–Trinajstić information content (AvgIpc) is 3.04. The molecule has 3 aromatic carbocycles. The van der Waals surface area contributed by atoms with E-state index < -0.39 is 0 Å². The molecule has 0 N–H and O–H groups in total. The van der Waals surface area contributed by atoms with Crippen molar-refractivity contribution in [3.63, 3.8) is 0 Å². The van der Waals surface area contributed by atoms with Crippen molar-refractivity contribution in [2.24, 2.45) is 0 Å². The summed E-state index contributed by atoms with van der Waals surface area (Å²) in [4.78, 5) is 33.7. The van der Waals surface area contributed by atoms with E-state index in [1.54, 1.807) is 31.0 Å². The number of rotatable bonds is 6. The summed E-state index contributed by atoms with van der Waals surface area (Å²) in [6.45, 7) is 3.09. The third-order valence-corrected chi connectivity index (χ3v) is 9.96. The van der Waals surface area contributed by atoms with Gasteiger partial charge in [0, 0.05) is 66.9 Å². The molecule has 0 aromatic heterocycles. The highest BCUT2D eigenvalue weighted by molar-refractivity contribution is 8.04. The Morgan fingerprint density at radius 2 is 1.74 bits per heavy atom. The van der Waals surface area contributed by atoms with Crippen LogP contribution in [0.5, 0.6) is 5.75 Å². The number of halogens is 1. The topological polar surface area (TPSA) is 53.1 Å². The first kappa shape index (κ1) is 28.3. The maximum atomic E-state index is 14.5. The first-order valence-corrected chi connectivity index (χ1v) is 15.6. The first-order valence-electron chi connectivity index (χ1n) is 14.7. The van der Waals surface area contributed by atoms with Crippen LogP contribution in [0, 0.1) is 5.82 Å². The molecule has 3 aromatic rings. The standard InChI is InChI=1S/C34H36FN3O3S/c1-41-28-9-6-8-27(22-28)36-17-19-37(20-18-36)33(39)25-15-13-24(14-16-25)21-32-34(40)38(23-26-7-2-3-10-29(26)35)30-11-4-5-12-31(30)42-32/h2-3,6-10,13-16,21-22,30-31H,4-5,11-12,17-20,23H2,1H3/b32-21-. The number of amides is 2. The van der Waals surface area contributed by atoms with Gasteiger partial charge in [0.25, 0.3) is 11.8 Å². The molecule has 1 aliphatic carbocycles. The number of methoxy groups -OCH3 is 1. The van der Waals surface area contributed by atoms with Gasteiger partial charge in [-0.3, -0.25) is 9.59 Å². The van der Waals surface area contributed by atoms with E-state index in [-0.39, 0.29) is 30.2 Å². The van der Waals surface area contributed by atoms with Gasteiger partial charge in [-0.15, -0.1) is 11.8 Å². The number of ether oxygens (including phenoxy) is 1. The average molecular weight is 586 g/mol. The summed E-state index contributed by atoms with van der Waals surface area (Å²) in [6, 6.07) is 22.4. The zero-order valence-electron chi connectivity index (χ0n) is 23.9. The number of benzene rings is 3. The Balaban J connectivity index is 1.13. The maximum Gasteiger partial charge on any atom is 0.260 e. The van der Waals surface area contributed by atoms with Crippen LogP contribution in [0.1, 0.15) is 47.2 Å². The van der Waals surface area contributed by atoms with Crippen LogP contribution in [0.15, 0.2) is 77.7 Å². The first-order chi connectivity index (χ1) is 20.5. The molecule has 6 nitrogen and oxygen atoms in total. The smallest absolute Gasteiger partial charge is 0.260 e.